The molecule has 0 aliphatic heterocycles. The molecule has 2 rings (SSSR count). The van der Waals surface area contributed by atoms with Gasteiger partial charge >= 0.3 is 0 Å². The summed E-state index contributed by atoms with van der Waals surface area (Å²) < 4.78 is 13.2. The molecular weight excluding hydrogens is 225 g/mol. The topological polar surface area (TPSA) is 26.0 Å². The van der Waals surface area contributed by atoms with Crippen molar-refractivity contribution in [2.24, 2.45) is 5.73 Å². The Balaban J connectivity index is 2.18. The van der Waals surface area contributed by atoms with Gasteiger partial charge in [-0.2, -0.15) is 0 Å². The Morgan fingerprint density at radius 2 is 1.83 bits per heavy atom. The standard InChI is InChI=1S/C16H18FN/c1-12-9-13(7-8-16(12)17)10-15(11-18)14-5-3-2-4-6-14/h2-9,15H,10-11,18H2,1H3. The minimum atomic E-state index is -0.150. The average molecular weight is 243 g/mol. The quantitative estimate of drug-likeness (QED) is 0.874. The third kappa shape index (κ3) is 2.96. The molecule has 0 aromatic heterocycles. The number of nitrogens with two attached hydrogens (primary N) is 1. The van der Waals surface area contributed by atoms with Gasteiger partial charge in [0.25, 0.3) is 0 Å². The molecule has 2 aromatic rings. The van der Waals surface area contributed by atoms with E-state index in [1.54, 1.807) is 6.92 Å². The zero-order valence-electron chi connectivity index (χ0n) is 10.6. The first-order valence-corrected chi connectivity index (χ1v) is 6.20. The van der Waals surface area contributed by atoms with Crippen LogP contribution in [0.2, 0.25) is 0 Å². The molecule has 0 aliphatic carbocycles. The van der Waals surface area contributed by atoms with Gasteiger partial charge in [-0.05, 0) is 42.6 Å². The predicted octanol–water partition coefficient (Wildman–Crippen LogP) is 3.42. The molecule has 1 unspecified atom stereocenters. The van der Waals surface area contributed by atoms with Crippen LogP contribution >= 0.6 is 0 Å². The Bertz CT molecular complexity index is 508. The number of aryl methyl sites for hydroxylation is 1. The Kier molecular flexibility index (Phi) is 4.11. The molecule has 0 spiro atoms. The van der Waals surface area contributed by atoms with E-state index in [9.17, 15) is 4.39 Å². The maximum absolute atomic E-state index is 13.2. The molecule has 94 valence electrons. The fraction of sp³-hybridized carbons (Fsp3) is 0.250. The van der Waals surface area contributed by atoms with Crippen molar-refractivity contribution in [2.75, 3.05) is 6.54 Å². The molecule has 0 radical (unpaired) electrons. The second-order valence-corrected chi connectivity index (χ2v) is 4.63. The largest absolute Gasteiger partial charge is 0.330 e. The van der Waals surface area contributed by atoms with Crippen LogP contribution in [-0.4, -0.2) is 6.54 Å². The van der Waals surface area contributed by atoms with Crippen molar-refractivity contribution in [3.05, 3.63) is 71.0 Å². The molecule has 2 N–H and O–H groups in total. The van der Waals surface area contributed by atoms with Crippen LogP contribution in [0.15, 0.2) is 48.5 Å². The minimum Gasteiger partial charge on any atom is -0.330 e. The average Bonchev–Trinajstić information content (AvgIpc) is 2.41. The van der Waals surface area contributed by atoms with Crippen LogP contribution in [0.3, 0.4) is 0 Å². The van der Waals surface area contributed by atoms with E-state index >= 15 is 0 Å². The lowest BCUT2D eigenvalue weighted by molar-refractivity contribution is 0.615. The Morgan fingerprint density at radius 1 is 1.11 bits per heavy atom. The van der Waals surface area contributed by atoms with Gasteiger partial charge in [0, 0.05) is 5.92 Å². The molecule has 0 bridgehead atoms. The van der Waals surface area contributed by atoms with Gasteiger partial charge in [-0.1, -0.05) is 42.5 Å². The molecule has 0 saturated carbocycles. The number of hydrogen-bond donors (Lipinski definition) is 1. The molecule has 0 heterocycles. The first-order chi connectivity index (χ1) is 8.70. The number of benzene rings is 2. The third-order valence-corrected chi connectivity index (χ3v) is 3.26. The van der Waals surface area contributed by atoms with Crippen molar-refractivity contribution in [3.8, 4) is 0 Å². The minimum absolute atomic E-state index is 0.150. The molecular formula is C16H18FN. The molecule has 18 heavy (non-hydrogen) atoms. The lowest BCUT2D eigenvalue weighted by Gasteiger charge is -2.15. The van der Waals surface area contributed by atoms with E-state index in [1.165, 1.54) is 11.6 Å². The lowest BCUT2D eigenvalue weighted by Crippen LogP contribution is -2.15. The maximum atomic E-state index is 13.2. The summed E-state index contributed by atoms with van der Waals surface area (Å²) in [6.45, 7) is 2.39. The molecule has 0 fully saturated rings. The van der Waals surface area contributed by atoms with Crippen molar-refractivity contribution in [1.29, 1.82) is 0 Å². The van der Waals surface area contributed by atoms with Crippen LogP contribution in [0.1, 0.15) is 22.6 Å². The zero-order valence-corrected chi connectivity index (χ0v) is 10.6. The number of hydrogen-bond acceptors (Lipinski definition) is 1. The predicted molar refractivity (Wildman–Crippen MR) is 73.1 cm³/mol. The van der Waals surface area contributed by atoms with Crippen LogP contribution in [0, 0.1) is 12.7 Å². The van der Waals surface area contributed by atoms with Gasteiger partial charge in [0.05, 0.1) is 0 Å². The first-order valence-electron chi connectivity index (χ1n) is 6.20. The van der Waals surface area contributed by atoms with Gasteiger partial charge in [-0.3, -0.25) is 0 Å². The summed E-state index contributed by atoms with van der Waals surface area (Å²) in [5.74, 6) is 0.138. The summed E-state index contributed by atoms with van der Waals surface area (Å²) in [5.41, 5.74) is 8.91. The molecule has 1 nitrogen and oxygen atoms in total. The van der Waals surface area contributed by atoms with E-state index < -0.39 is 0 Å². The van der Waals surface area contributed by atoms with Gasteiger partial charge in [0.2, 0.25) is 0 Å². The molecule has 0 amide bonds. The van der Waals surface area contributed by atoms with Crippen molar-refractivity contribution in [3.63, 3.8) is 0 Å². The van der Waals surface area contributed by atoms with Crippen LogP contribution in [0.25, 0.3) is 0 Å². The summed E-state index contributed by atoms with van der Waals surface area (Å²) >= 11 is 0. The first kappa shape index (κ1) is 12.8. The monoisotopic (exact) mass is 243 g/mol. The summed E-state index contributed by atoms with van der Waals surface area (Å²) in [6, 6.07) is 15.5. The Labute approximate surface area is 107 Å². The SMILES string of the molecule is Cc1cc(CC(CN)c2ccccc2)ccc1F. The van der Waals surface area contributed by atoms with Gasteiger partial charge in [0.1, 0.15) is 5.82 Å². The number of rotatable bonds is 4. The van der Waals surface area contributed by atoms with E-state index in [0.717, 1.165) is 12.0 Å². The maximum Gasteiger partial charge on any atom is 0.126 e. The van der Waals surface area contributed by atoms with Crippen molar-refractivity contribution >= 4 is 0 Å². The fourth-order valence-electron chi connectivity index (χ4n) is 2.18. The summed E-state index contributed by atoms with van der Waals surface area (Å²) in [7, 11) is 0. The zero-order chi connectivity index (χ0) is 13.0. The highest BCUT2D eigenvalue weighted by Crippen LogP contribution is 2.21. The van der Waals surface area contributed by atoms with Crippen LogP contribution in [0.5, 0.6) is 0 Å². The van der Waals surface area contributed by atoms with Gasteiger partial charge in [-0.15, -0.1) is 0 Å². The van der Waals surface area contributed by atoms with Gasteiger partial charge in [0.15, 0.2) is 0 Å². The third-order valence-electron chi connectivity index (χ3n) is 3.26. The summed E-state index contributed by atoms with van der Waals surface area (Å²) in [6.07, 6.45) is 0.849. The van der Waals surface area contributed by atoms with Crippen LogP contribution < -0.4 is 5.73 Å². The highest BCUT2D eigenvalue weighted by molar-refractivity contribution is 5.28. The summed E-state index contributed by atoms with van der Waals surface area (Å²) in [5, 5.41) is 0. The smallest absolute Gasteiger partial charge is 0.126 e. The van der Waals surface area contributed by atoms with Crippen LogP contribution in [-0.2, 0) is 6.42 Å². The lowest BCUT2D eigenvalue weighted by atomic mass is 9.91. The number of halogens is 1. The Morgan fingerprint density at radius 3 is 2.44 bits per heavy atom. The Hall–Kier alpha value is -1.67. The van der Waals surface area contributed by atoms with Crippen molar-refractivity contribution in [2.45, 2.75) is 19.3 Å². The molecule has 0 aliphatic rings. The highest BCUT2D eigenvalue weighted by atomic mass is 19.1. The second kappa shape index (κ2) is 5.78. The van der Waals surface area contributed by atoms with Crippen LogP contribution in [0.4, 0.5) is 4.39 Å². The summed E-state index contributed by atoms with van der Waals surface area (Å²) in [4.78, 5) is 0. The molecule has 2 aromatic carbocycles. The fourth-order valence-corrected chi connectivity index (χ4v) is 2.18. The van der Waals surface area contributed by atoms with E-state index in [1.807, 2.05) is 30.3 Å². The van der Waals surface area contributed by atoms with Crippen molar-refractivity contribution in [1.82, 2.24) is 0 Å². The molecule has 2 heteroatoms. The van der Waals surface area contributed by atoms with E-state index in [2.05, 4.69) is 12.1 Å². The molecule has 0 saturated heterocycles. The normalized spacial score (nSPS) is 12.4. The van der Waals surface area contributed by atoms with E-state index in [4.69, 9.17) is 5.73 Å². The second-order valence-electron chi connectivity index (χ2n) is 4.63. The van der Waals surface area contributed by atoms with E-state index in [-0.39, 0.29) is 11.7 Å². The van der Waals surface area contributed by atoms with E-state index in [0.29, 0.717) is 12.1 Å². The highest BCUT2D eigenvalue weighted by Gasteiger charge is 2.10. The van der Waals surface area contributed by atoms with Gasteiger partial charge in [-0.25, -0.2) is 4.39 Å². The molecule has 1 atom stereocenters. The van der Waals surface area contributed by atoms with Crippen molar-refractivity contribution < 1.29 is 4.39 Å². The van der Waals surface area contributed by atoms with Gasteiger partial charge < -0.3 is 5.73 Å².